The van der Waals surface area contributed by atoms with E-state index in [4.69, 9.17) is 0 Å². The van der Waals surface area contributed by atoms with Gasteiger partial charge >= 0.3 is 12.1 Å². The van der Waals surface area contributed by atoms with Crippen LogP contribution in [0.15, 0.2) is 0 Å². The van der Waals surface area contributed by atoms with Gasteiger partial charge in [0, 0.05) is 24.5 Å². The number of nitrogens with one attached hydrogen (secondary N) is 2. The second-order valence-electron chi connectivity index (χ2n) is 4.22. The van der Waals surface area contributed by atoms with Gasteiger partial charge in [0.1, 0.15) is 0 Å². The van der Waals surface area contributed by atoms with E-state index in [-0.39, 0.29) is 5.41 Å². The fourth-order valence-electron chi connectivity index (χ4n) is 2.24. The molecule has 1 amide bonds. The van der Waals surface area contributed by atoms with Crippen LogP contribution in [0.4, 0.5) is 13.2 Å². The summed E-state index contributed by atoms with van der Waals surface area (Å²) in [5.41, 5.74) is -0.249. The van der Waals surface area contributed by atoms with Crippen molar-refractivity contribution < 1.29 is 18.0 Å². The van der Waals surface area contributed by atoms with Crippen molar-refractivity contribution in [3.63, 3.8) is 0 Å². The minimum absolute atomic E-state index is 0.249. The van der Waals surface area contributed by atoms with Gasteiger partial charge in [-0.3, -0.25) is 4.79 Å². The van der Waals surface area contributed by atoms with Crippen molar-refractivity contribution >= 4 is 5.91 Å². The van der Waals surface area contributed by atoms with Gasteiger partial charge in [-0.2, -0.15) is 13.2 Å². The Morgan fingerprint density at radius 2 is 2.00 bits per heavy atom. The van der Waals surface area contributed by atoms with Gasteiger partial charge in [-0.05, 0) is 12.8 Å². The molecule has 6 heteroatoms. The van der Waals surface area contributed by atoms with E-state index in [1.165, 1.54) is 0 Å². The van der Waals surface area contributed by atoms with Crippen LogP contribution in [0.5, 0.6) is 0 Å². The summed E-state index contributed by atoms with van der Waals surface area (Å²) in [5.74, 6) is -1.84. The minimum Gasteiger partial charge on any atom is -0.344 e. The van der Waals surface area contributed by atoms with E-state index >= 15 is 0 Å². The lowest BCUT2D eigenvalue weighted by Gasteiger charge is -2.33. The van der Waals surface area contributed by atoms with Gasteiger partial charge in [-0.1, -0.05) is 13.8 Å². The lowest BCUT2D eigenvalue weighted by Crippen LogP contribution is -2.50. The van der Waals surface area contributed by atoms with Crippen LogP contribution >= 0.6 is 0 Å². The van der Waals surface area contributed by atoms with Gasteiger partial charge in [0.15, 0.2) is 0 Å². The summed E-state index contributed by atoms with van der Waals surface area (Å²) < 4.78 is 36.4. The van der Waals surface area contributed by atoms with Crippen molar-refractivity contribution in [2.24, 2.45) is 5.41 Å². The molecule has 2 N–H and O–H groups in total. The van der Waals surface area contributed by atoms with Crippen LogP contribution < -0.4 is 10.6 Å². The van der Waals surface area contributed by atoms with Gasteiger partial charge in [0.05, 0.1) is 0 Å². The summed E-state index contributed by atoms with van der Waals surface area (Å²) in [6.45, 7) is 4.93. The van der Waals surface area contributed by atoms with E-state index in [2.05, 4.69) is 10.6 Å². The monoisotopic (exact) mass is 238 g/mol. The van der Waals surface area contributed by atoms with E-state index in [0.717, 1.165) is 12.8 Å². The number of halogens is 3. The Morgan fingerprint density at radius 1 is 1.44 bits per heavy atom. The molecule has 3 nitrogen and oxygen atoms in total. The molecule has 0 radical (unpaired) electrons. The lowest BCUT2D eigenvalue weighted by molar-refractivity contribution is -0.175. The van der Waals surface area contributed by atoms with Crippen molar-refractivity contribution in [1.29, 1.82) is 0 Å². The van der Waals surface area contributed by atoms with E-state index < -0.39 is 18.1 Å². The lowest BCUT2D eigenvalue weighted by atomic mass is 9.78. The van der Waals surface area contributed by atoms with Crippen LogP contribution in [-0.4, -0.2) is 31.2 Å². The van der Waals surface area contributed by atoms with Crippen LogP contribution in [0.1, 0.15) is 26.7 Å². The maximum absolute atomic E-state index is 12.1. The fraction of sp³-hybridized carbons (Fsp3) is 0.900. The van der Waals surface area contributed by atoms with Crippen molar-refractivity contribution in [3.05, 3.63) is 0 Å². The van der Waals surface area contributed by atoms with Gasteiger partial charge < -0.3 is 10.6 Å². The second-order valence-corrected chi connectivity index (χ2v) is 4.22. The summed E-state index contributed by atoms with van der Waals surface area (Å²) in [7, 11) is 0. The molecule has 0 spiro atoms. The largest absolute Gasteiger partial charge is 0.471 e. The average molecular weight is 238 g/mol. The summed E-state index contributed by atoms with van der Waals surface area (Å²) in [6, 6.07) is -0.434. The van der Waals surface area contributed by atoms with Crippen molar-refractivity contribution in [2.45, 2.75) is 38.9 Å². The molecule has 1 atom stereocenters. The predicted octanol–water partition coefficient (Wildman–Crippen LogP) is 1.44. The summed E-state index contributed by atoms with van der Waals surface area (Å²) in [4.78, 5) is 10.9. The fourth-order valence-corrected chi connectivity index (χ4v) is 2.24. The van der Waals surface area contributed by atoms with Crippen LogP contribution in [0, 0.1) is 5.41 Å². The highest BCUT2D eigenvalue weighted by atomic mass is 19.4. The molecule has 1 heterocycles. The summed E-state index contributed by atoms with van der Waals surface area (Å²) in [5, 5.41) is 5.12. The number of alkyl halides is 3. The molecule has 0 saturated carbocycles. The van der Waals surface area contributed by atoms with Crippen LogP contribution in [0.2, 0.25) is 0 Å². The maximum Gasteiger partial charge on any atom is 0.471 e. The molecule has 0 aromatic heterocycles. The molecular weight excluding hydrogens is 221 g/mol. The quantitative estimate of drug-likeness (QED) is 0.781. The first-order chi connectivity index (χ1) is 7.35. The molecule has 1 unspecified atom stereocenters. The molecule has 1 saturated heterocycles. The smallest absolute Gasteiger partial charge is 0.344 e. The number of hydrogen-bond donors (Lipinski definition) is 2. The van der Waals surface area contributed by atoms with Gasteiger partial charge in [0.2, 0.25) is 0 Å². The molecule has 1 fully saturated rings. The number of carbonyl (C=O) groups is 1. The minimum atomic E-state index is -4.80. The number of hydrogen-bond acceptors (Lipinski definition) is 2. The van der Waals surface area contributed by atoms with Gasteiger partial charge in [-0.25, -0.2) is 0 Å². The topological polar surface area (TPSA) is 41.1 Å². The average Bonchev–Trinajstić information content (AvgIpc) is 2.60. The SMILES string of the molecule is CCC1(CC)CNCC1NC(=O)C(F)(F)F. The zero-order valence-corrected chi connectivity index (χ0v) is 9.45. The van der Waals surface area contributed by atoms with Crippen LogP contribution in [0.3, 0.4) is 0 Å². The third kappa shape index (κ3) is 2.48. The maximum atomic E-state index is 12.1. The first kappa shape index (κ1) is 13.3. The Bertz CT molecular complexity index is 261. The molecule has 94 valence electrons. The highest BCUT2D eigenvalue weighted by molar-refractivity contribution is 5.82. The molecule has 1 aliphatic heterocycles. The number of carbonyl (C=O) groups excluding carboxylic acids is 1. The van der Waals surface area contributed by atoms with Crippen molar-refractivity contribution in [1.82, 2.24) is 10.6 Å². The first-order valence-corrected chi connectivity index (χ1v) is 5.44. The van der Waals surface area contributed by atoms with E-state index in [0.29, 0.717) is 13.1 Å². The van der Waals surface area contributed by atoms with Gasteiger partial charge in [-0.15, -0.1) is 0 Å². The Balaban J connectivity index is 2.70. The first-order valence-electron chi connectivity index (χ1n) is 5.44. The molecule has 1 aliphatic rings. The Kier molecular flexibility index (Phi) is 3.83. The zero-order valence-electron chi connectivity index (χ0n) is 9.45. The second kappa shape index (κ2) is 4.61. The molecule has 1 rings (SSSR count). The number of amides is 1. The Morgan fingerprint density at radius 3 is 2.44 bits per heavy atom. The third-order valence-electron chi connectivity index (χ3n) is 3.54. The van der Waals surface area contributed by atoms with Crippen molar-refractivity contribution in [2.75, 3.05) is 13.1 Å². The molecular formula is C10H17F3N2O. The van der Waals surface area contributed by atoms with E-state index in [9.17, 15) is 18.0 Å². The van der Waals surface area contributed by atoms with Crippen LogP contribution in [-0.2, 0) is 4.79 Å². The van der Waals surface area contributed by atoms with E-state index in [1.54, 1.807) is 0 Å². The normalized spacial score (nSPS) is 24.4. The highest BCUT2D eigenvalue weighted by Gasteiger charge is 2.46. The predicted molar refractivity (Wildman–Crippen MR) is 53.9 cm³/mol. The molecule has 0 aliphatic carbocycles. The molecule has 0 aromatic rings. The van der Waals surface area contributed by atoms with Gasteiger partial charge in [0.25, 0.3) is 0 Å². The van der Waals surface area contributed by atoms with Crippen LogP contribution in [0.25, 0.3) is 0 Å². The molecule has 0 aromatic carbocycles. The molecule has 16 heavy (non-hydrogen) atoms. The van der Waals surface area contributed by atoms with Crippen molar-refractivity contribution in [3.8, 4) is 0 Å². The summed E-state index contributed by atoms with van der Waals surface area (Å²) >= 11 is 0. The zero-order chi connectivity index (χ0) is 12.4. The highest BCUT2D eigenvalue weighted by Crippen LogP contribution is 2.33. The number of rotatable bonds is 3. The standard InChI is InChI=1S/C10H17F3N2O/c1-3-9(4-2)6-14-5-7(9)15-8(16)10(11,12)13/h7,14H,3-6H2,1-2H3,(H,15,16). The Hall–Kier alpha value is -0.780. The third-order valence-corrected chi connectivity index (χ3v) is 3.54. The molecule has 0 bridgehead atoms. The summed E-state index contributed by atoms with van der Waals surface area (Å²) in [6.07, 6.45) is -3.30. The van der Waals surface area contributed by atoms with E-state index in [1.807, 2.05) is 13.8 Å². The Labute approximate surface area is 92.8 Å².